The van der Waals surface area contributed by atoms with E-state index in [-0.39, 0.29) is 0 Å². The molecule has 1 aliphatic carbocycles. The topological polar surface area (TPSA) is 48.3 Å². The van der Waals surface area contributed by atoms with Crippen LogP contribution in [0.4, 0.5) is 0 Å². The fourth-order valence-electron chi connectivity index (χ4n) is 2.38. The summed E-state index contributed by atoms with van der Waals surface area (Å²) < 4.78 is 7.08. The van der Waals surface area contributed by atoms with E-state index in [0.717, 1.165) is 30.0 Å². The van der Waals surface area contributed by atoms with Crippen LogP contribution in [-0.2, 0) is 18.4 Å². The van der Waals surface area contributed by atoms with Crippen molar-refractivity contribution >= 4 is 0 Å². The molecule has 2 rings (SSSR count). The largest absolute Gasteiger partial charge is 0.481 e. The molecule has 17 heavy (non-hydrogen) atoms. The van der Waals surface area contributed by atoms with Gasteiger partial charge in [0.2, 0.25) is 5.88 Å². The molecule has 0 spiro atoms. The molecule has 0 radical (unpaired) electrons. The molecule has 1 N–H and O–H groups in total. The van der Waals surface area contributed by atoms with Crippen molar-refractivity contribution in [3.8, 4) is 5.88 Å². The Morgan fingerprint density at radius 1 is 1.41 bits per heavy atom. The van der Waals surface area contributed by atoms with Crippen molar-refractivity contribution < 1.29 is 9.57 Å². The Kier molecular flexibility index (Phi) is 4.02. The van der Waals surface area contributed by atoms with E-state index in [9.17, 15) is 0 Å². The summed E-state index contributed by atoms with van der Waals surface area (Å²) >= 11 is 0. The molecule has 1 heterocycles. The molecule has 0 unspecified atom stereocenters. The summed E-state index contributed by atoms with van der Waals surface area (Å²) in [5.41, 5.74) is 5.08. The molecular formula is C12H21N3O2. The van der Waals surface area contributed by atoms with Crippen LogP contribution >= 0.6 is 0 Å². The number of rotatable bonds is 5. The van der Waals surface area contributed by atoms with E-state index in [1.807, 2.05) is 14.0 Å². The van der Waals surface area contributed by atoms with Crippen molar-refractivity contribution in [2.75, 3.05) is 7.11 Å². The maximum Gasteiger partial charge on any atom is 0.216 e. The predicted octanol–water partition coefficient (Wildman–Crippen LogP) is 1.70. The van der Waals surface area contributed by atoms with E-state index in [1.54, 1.807) is 11.8 Å². The first-order chi connectivity index (χ1) is 8.22. The standard InChI is InChI=1S/C12H21N3O2/c1-9-11(12(16-3)15(2)14-9)8-13-17-10-6-4-5-7-10/h10,13H,4-8H2,1-3H3. The summed E-state index contributed by atoms with van der Waals surface area (Å²) in [5, 5.41) is 4.33. The number of methoxy groups -OCH3 is 1. The van der Waals surface area contributed by atoms with Gasteiger partial charge in [0.15, 0.2) is 0 Å². The van der Waals surface area contributed by atoms with Crippen molar-refractivity contribution in [3.05, 3.63) is 11.3 Å². The summed E-state index contributed by atoms with van der Waals surface area (Å²) in [6.07, 6.45) is 5.26. The number of hydrogen-bond donors (Lipinski definition) is 1. The average molecular weight is 239 g/mol. The van der Waals surface area contributed by atoms with Crippen molar-refractivity contribution in [3.63, 3.8) is 0 Å². The number of hydroxylamine groups is 1. The van der Waals surface area contributed by atoms with Crippen LogP contribution in [0.1, 0.15) is 36.9 Å². The maximum atomic E-state index is 5.63. The number of aryl methyl sites for hydroxylation is 2. The summed E-state index contributed by atoms with van der Waals surface area (Å²) in [6, 6.07) is 0. The highest BCUT2D eigenvalue weighted by molar-refractivity contribution is 5.30. The van der Waals surface area contributed by atoms with Crippen LogP contribution in [0.15, 0.2) is 0 Å². The second kappa shape index (κ2) is 5.51. The highest BCUT2D eigenvalue weighted by atomic mass is 16.7. The van der Waals surface area contributed by atoms with E-state index < -0.39 is 0 Å². The monoisotopic (exact) mass is 239 g/mol. The Morgan fingerprint density at radius 2 is 2.12 bits per heavy atom. The van der Waals surface area contributed by atoms with Gasteiger partial charge >= 0.3 is 0 Å². The molecule has 0 atom stereocenters. The van der Waals surface area contributed by atoms with Gasteiger partial charge in [0.1, 0.15) is 0 Å². The van der Waals surface area contributed by atoms with Crippen molar-refractivity contribution in [1.82, 2.24) is 15.3 Å². The lowest BCUT2D eigenvalue weighted by Crippen LogP contribution is -2.21. The Labute approximate surface area is 102 Å². The molecule has 1 aromatic heterocycles. The molecule has 0 amide bonds. The van der Waals surface area contributed by atoms with Crippen molar-refractivity contribution in [2.45, 2.75) is 45.3 Å². The fourth-order valence-corrected chi connectivity index (χ4v) is 2.38. The quantitative estimate of drug-likeness (QED) is 0.795. The minimum atomic E-state index is 0.373. The van der Waals surface area contributed by atoms with Gasteiger partial charge in [0.05, 0.1) is 31.0 Å². The normalized spacial score (nSPS) is 16.6. The van der Waals surface area contributed by atoms with Crippen molar-refractivity contribution in [2.24, 2.45) is 7.05 Å². The number of hydrogen-bond acceptors (Lipinski definition) is 4. The third-order valence-electron chi connectivity index (χ3n) is 3.28. The van der Waals surface area contributed by atoms with E-state index >= 15 is 0 Å². The first-order valence-corrected chi connectivity index (χ1v) is 6.17. The Hall–Kier alpha value is -1.07. The average Bonchev–Trinajstić information content (AvgIpc) is 2.88. The van der Waals surface area contributed by atoms with E-state index in [0.29, 0.717) is 12.6 Å². The molecule has 0 aliphatic heterocycles. The molecule has 0 aromatic carbocycles. The zero-order valence-electron chi connectivity index (χ0n) is 10.8. The van der Waals surface area contributed by atoms with Gasteiger partial charge in [0.25, 0.3) is 0 Å². The highest BCUT2D eigenvalue weighted by Gasteiger charge is 2.17. The molecule has 1 saturated carbocycles. The van der Waals surface area contributed by atoms with Crippen molar-refractivity contribution in [1.29, 1.82) is 0 Å². The molecule has 0 bridgehead atoms. The van der Waals surface area contributed by atoms with Gasteiger partial charge in [-0.05, 0) is 19.8 Å². The minimum absolute atomic E-state index is 0.373. The van der Waals surface area contributed by atoms with Crippen LogP contribution in [-0.4, -0.2) is 23.0 Å². The van der Waals surface area contributed by atoms with Gasteiger partial charge in [-0.25, -0.2) is 4.68 Å². The second-order valence-electron chi connectivity index (χ2n) is 4.54. The van der Waals surface area contributed by atoms with Crippen LogP contribution in [0.2, 0.25) is 0 Å². The van der Waals surface area contributed by atoms with Gasteiger partial charge in [-0.2, -0.15) is 10.6 Å². The maximum absolute atomic E-state index is 5.63. The van der Waals surface area contributed by atoms with Gasteiger partial charge in [-0.15, -0.1) is 0 Å². The summed E-state index contributed by atoms with van der Waals surface area (Å²) in [5.74, 6) is 0.796. The fraction of sp³-hybridized carbons (Fsp3) is 0.750. The highest BCUT2D eigenvalue weighted by Crippen LogP contribution is 2.22. The zero-order valence-corrected chi connectivity index (χ0v) is 10.8. The zero-order chi connectivity index (χ0) is 12.3. The molecule has 1 fully saturated rings. The molecule has 5 nitrogen and oxygen atoms in total. The molecule has 96 valence electrons. The summed E-state index contributed by atoms with van der Waals surface area (Å²) in [6.45, 7) is 2.62. The Balaban J connectivity index is 1.89. The van der Waals surface area contributed by atoms with E-state index in [1.165, 1.54) is 12.8 Å². The number of ether oxygens (including phenoxy) is 1. The van der Waals surface area contributed by atoms with Gasteiger partial charge in [-0.1, -0.05) is 12.8 Å². The van der Waals surface area contributed by atoms with Crippen LogP contribution in [0.25, 0.3) is 0 Å². The number of nitrogens with zero attached hydrogens (tertiary/aromatic N) is 2. The predicted molar refractivity (Wildman–Crippen MR) is 64.7 cm³/mol. The minimum Gasteiger partial charge on any atom is -0.481 e. The first-order valence-electron chi connectivity index (χ1n) is 6.17. The van der Waals surface area contributed by atoms with Crippen LogP contribution in [0, 0.1) is 6.92 Å². The Morgan fingerprint density at radius 3 is 2.76 bits per heavy atom. The molecule has 1 aliphatic rings. The lowest BCUT2D eigenvalue weighted by atomic mass is 10.2. The first kappa shape index (κ1) is 12.4. The number of nitrogens with one attached hydrogen (secondary N) is 1. The van der Waals surface area contributed by atoms with Crippen LogP contribution in [0.3, 0.4) is 0 Å². The molecule has 1 aromatic rings. The second-order valence-corrected chi connectivity index (χ2v) is 4.54. The van der Waals surface area contributed by atoms with Gasteiger partial charge < -0.3 is 4.74 Å². The Bertz CT molecular complexity index is 370. The smallest absolute Gasteiger partial charge is 0.216 e. The third-order valence-corrected chi connectivity index (χ3v) is 3.28. The summed E-state index contributed by atoms with van der Waals surface area (Å²) in [7, 11) is 3.55. The van der Waals surface area contributed by atoms with Gasteiger partial charge in [0, 0.05) is 7.05 Å². The van der Waals surface area contributed by atoms with Gasteiger partial charge in [-0.3, -0.25) is 4.84 Å². The van der Waals surface area contributed by atoms with Crippen LogP contribution in [0.5, 0.6) is 5.88 Å². The summed E-state index contributed by atoms with van der Waals surface area (Å²) in [4.78, 5) is 5.63. The lowest BCUT2D eigenvalue weighted by molar-refractivity contribution is -0.0247. The third kappa shape index (κ3) is 2.79. The molecule has 5 heteroatoms. The molecular weight excluding hydrogens is 218 g/mol. The van der Waals surface area contributed by atoms with E-state index in [4.69, 9.17) is 9.57 Å². The SMILES string of the molecule is COc1c(CNOC2CCCC2)c(C)nn1C. The van der Waals surface area contributed by atoms with Crippen LogP contribution < -0.4 is 10.2 Å². The lowest BCUT2D eigenvalue weighted by Gasteiger charge is -2.12. The van der Waals surface area contributed by atoms with E-state index in [2.05, 4.69) is 10.6 Å². The molecule has 0 saturated heterocycles. The number of aromatic nitrogens is 2.